The Balaban J connectivity index is 1.55. The van der Waals surface area contributed by atoms with Gasteiger partial charge in [0.05, 0.1) is 17.4 Å². The second kappa shape index (κ2) is 6.54. The van der Waals surface area contributed by atoms with Crippen molar-refractivity contribution in [3.05, 3.63) is 88.5 Å². The van der Waals surface area contributed by atoms with E-state index >= 15 is 0 Å². The number of rotatable bonds is 3. The molecule has 0 aliphatic carbocycles. The van der Waals surface area contributed by atoms with Gasteiger partial charge in [-0.25, -0.2) is 4.79 Å². The lowest BCUT2D eigenvalue weighted by Gasteiger charge is -2.05. The van der Waals surface area contributed by atoms with Crippen LogP contribution in [-0.4, -0.2) is 11.8 Å². The summed E-state index contributed by atoms with van der Waals surface area (Å²) in [5, 5.41) is 0.530. The van der Waals surface area contributed by atoms with E-state index in [0.29, 0.717) is 27.7 Å². The van der Waals surface area contributed by atoms with Crippen molar-refractivity contribution in [1.82, 2.24) is 0 Å². The summed E-state index contributed by atoms with van der Waals surface area (Å²) < 4.78 is 16.1. The van der Waals surface area contributed by atoms with E-state index in [1.807, 2.05) is 0 Å². The summed E-state index contributed by atoms with van der Waals surface area (Å²) in [6.07, 6.45) is 3.02. The third-order valence-electron chi connectivity index (χ3n) is 3.75. The van der Waals surface area contributed by atoms with Gasteiger partial charge in [-0.3, -0.25) is 4.79 Å². The summed E-state index contributed by atoms with van der Waals surface area (Å²) >= 11 is 5.81. The van der Waals surface area contributed by atoms with Gasteiger partial charge in [0.1, 0.15) is 17.3 Å². The Morgan fingerprint density at radius 2 is 1.88 bits per heavy atom. The second-order valence-corrected chi connectivity index (χ2v) is 5.95. The van der Waals surface area contributed by atoms with Crippen molar-refractivity contribution in [2.45, 2.75) is 0 Å². The largest absolute Gasteiger partial charge is 0.465 e. The van der Waals surface area contributed by atoms with Crippen LogP contribution in [0.4, 0.5) is 0 Å². The van der Waals surface area contributed by atoms with Crippen LogP contribution in [0, 0.1) is 0 Å². The van der Waals surface area contributed by atoms with E-state index in [0.717, 1.165) is 0 Å². The predicted octanol–water partition coefficient (Wildman–Crippen LogP) is 4.77. The first-order valence-corrected chi connectivity index (χ1v) is 8.07. The van der Waals surface area contributed by atoms with Crippen LogP contribution in [0.2, 0.25) is 5.02 Å². The van der Waals surface area contributed by atoms with Gasteiger partial charge in [0, 0.05) is 17.2 Å². The fourth-order valence-corrected chi connectivity index (χ4v) is 2.61. The first-order chi connectivity index (χ1) is 12.6. The highest BCUT2D eigenvalue weighted by molar-refractivity contribution is 6.30. The molecular weight excluding hydrogens is 356 g/mol. The minimum Gasteiger partial charge on any atom is -0.465 e. The zero-order chi connectivity index (χ0) is 18.1. The Kier molecular flexibility index (Phi) is 4.07. The van der Waals surface area contributed by atoms with Crippen LogP contribution in [0.1, 0.15) is 26.5 Å². The average Bonchev–Trinajstić information content (AvgIpc) is 3.24. The Morgan fingerprint density at radius 3 is 2.62 bits per heavy atom. The molecule has 0 fully saturated rings. The van der Waals surface area contributed by atoms with Crippen molar-refractivity contribution in [1.29, 1.82) is 0 Å². The van der Waals surface area contributed by atoms with Gasteiger partial charge in [-0.05, 0) is 48.5 Å². The topological polar surface area (TPSA) is 65.7 Å². The van der Waals surface area contributed by atoms with Gasteiger partial charge in [0.2, 0.25) is 5.78 Å². The molecule has 0 bridgehead atoms. The number of fused-ring (bicyclic) bond motifs is 1. The standard InChI is InChI=1S/C20H11ClO5/c21-13-5-3-12(4-6-13)20(23)25-15-7-8-16-17(11-15)26-18(19(16)22)10-14-2-1-9-24-14/h1-11H/b18-10+. The monoisotopic (exact) mass is 366 g/mol. The van der Waals surface area contributed by atoms with E-state index in [1.165, 1.54) is 18.4 Å². The fourth-order valence-electron chi connectivity index (χ4n) is 2.49. The molecule has 0 amide bonds. The molecule has 26 heavy (non-hydrogen) atoms. The highest BCUT2D eigenvalue weighted by Crippen LogP contribution is 2.35. The molecule has 0 N–H and O–H groups in total. The second-order valence-electron chi connectivity index (χ2n) is 5.51. The molecule has 5 nitrogen and oxygen atoms in total. The number of halogens is 1. The number of ether oxygens (including phenoxy) is 2. The number of furan rings is 1. The van der Waals surface area contributed by atoms with Gasteiger partial charge in [-0.2, -0.15) is 0 Å². The number of hydrogen-bond acceptors (Lipinski definition) is 5. The smallest absolute Gasteiger partial charge is 0.343 e. The lowest BCUT2D eigenvalue weighted by atomic mass is 10.1. The van der Waals surface area contributed by atoms with Crippen LogP contribution in [0.25, 0.3) is 6.08 Å². The summed E-state index contributed by atoms with van der Waals surface area (Å²) in [5.41, 5.74) is 0.763. The minimum absolute atomic E-state index is 0.149. The molecule has 0 spiro atoms. The van der Waals surface area contributed by atoms with E-state index in [-0.39, 0.29) is 17.3 Å². The summed E-state index contributed by atoms with van der Waals surface area (Å²) in [6.45, 7) is 0. The number of carbonyl (C=O) groups is 2. The minimum atomic E-state index is -0.530. The number of hydrogen-bond donors (Lipinski definition) is 0. The Bertz CT molecular complexity index is 1020. The number of carbonyl (C=O) groups excluding carboxylic acids is 2. The van der Waals surface area contributed by atoms with Crippen molar-refractivity contribution in [2.24, 2.45) is 0 Å². The van der Waals surface area contributed by atoms with Crippen molar-refractivity contribution < 1.29 is 23.5 Å². The van der Waals surface area contributed by atoms with Crippen molar-refractivity contribution in [3.8, 4) is 11.5 Å². The molecule has 128 valence electrons. The molecule has 1 aliphatic heterocycles. The predicted molar refractivity (Wildman–Crippen MR) is 94.5 cm³/mol. The maximum absolute atomic E-state index is 12.4. The highest BCUT2D eigenvalue weighted by Gasteiger charge is 2.28. The summed E-state index contributed by atoms with van der Waals surface area (Å²) in [5.74, 6) is 0.473. The highest BCUT2D eigenvalue weighted by atomic mass is 35.5. The quantitative estimate of drug-likeness (QED) is 0.379. The SMILES string of the molecule is O=C(Oc1ccc2c(c1)O/C(=C/c1ccco1)C2=O)c1ccc(Cl)cc1. The lowest BCUT2D eigenvalue weighted by Crippen LogP contribution is -2.08. The van der Waals surface area contributed by atoms with Crippen molar-refractivity contribution in [2.75, 3.05) is 0 Å². The first-order valence-electron chi connectivity index (χ1n) is 7.70. The molecule has 0 radical (unpaired) electrons. The average molecular weight is 367 g/mol. The summed E-state index contributed by atoms with van der Waals surface area (Å²) in [6, 6.07) is 14.4. The molecule has 2 aromatic carbocycles. The van der Waals surface area contributed by atoms with Gasteiger partial charge in [-0.15, -0.1) is 0 Å². The summed E-state index contributed by atoms with van der Waals surface area (Å²) in [4.78, 5) is 24.5. The first kappa shape index (κ1) is 16.2. The normalized spacial score (nSPS) is 14.2. The molecule has 3 aromatic rings. The van der Waals surface area contributed by atoms with E-state index in [1.54, 1.807) is 48.5 Å². The van der Waals surface area contributed by atoms with Gasteiger partial charge < -0.3 is 13.9 Å². The number of esters is 1. The van der Waals surface area contributed by atoms with E-state index in [2.05, 4.69) is 0 Å². The van der Waals surface area contributed by atoms with E-state index in [9.17, 15) is 9.59 Å². The van der Waals surface area contributed by atoms with Gasteiger partial charge in [0.15, 0.2) is 5.76 Å². The maximum Gasteiger partial charge on any atom is 0.343 e. The van der Waals surface area contributed by atoms with Crippen molar-refractivity contribution >= 4 is 29.4 Å². The Hall–Kier alpha value is -3.31. The van der Waals surface area contributed by atoms with Crippen LogP contribution in [0.3, 0.4) is 0 Å². The Labute approximate surface area is 153 Å². The number of Topliss-reactive ketones (excluding diaryl/α,β-unsaturated/α-hetero) is 1. The third kappa shape index (κ3) is 3.12. The maximum atomic E-state index is 12.4. The van der Waals surface area contributed by atoms with E-state index in [4.69, 9.17) is 25.5 Å². The van der Waals surface area contributed by atoms with Crippen LogP contribution >= 0.6 is 11.6 Å². The zero-order valence-corrected chi connectivity index (χ0v) is 14.0. The van der Waals surface area contributed by atoms with Crippen LogP contribution in [0.15, 0.2) is 71.0 Å². The number of ketones is 1. The van der Waals surface area contributed by atoms with Gasteiger partial charge in [0.25, 0.3) is 0 Å². The molecule has 4 rings (SSSR count). The molecule has 0 saturated heterocycles. The van der Waals surface area contributed by atoms with Crippen LogP contribution < -0.4 is 9.47 Å². The lowest BCUT2D eigenvalue weighted by molar-refractivity contribution is 0.0734. The molecule has 1 aromatic heterocycles. The van der Waals surface area contributed by atoms with Crippen molar-refractivity contribution in [3.63, 3.8) is 0 Å². The molecule has 0 saturated carbocycles. The van der Waals surface area contributed by atoms with E-state index < -0.39 is 5.97 Å². The molecule has 6 heteroatoms. The molecule has 1 aliphatic rings. The Morgan fingerprint density at radius 1 is 1.08 bits per heavy atom. The van der Waals surface area contributed by atoms with Gasteiger partial charge in [-0.1, -0.05) is 11.6 Å². The molecule has 2 heterocycles. The third-order valence-corrected chi connectivity index (χ3v) is 4.00. The number of allylic oxidation sites excluding steroid dienone is 1. The zero-order valence-electron chi connectivity index (χ0n) is 13.3. The fraction of sp³-hybridized carbons (Fsp3) is 0. The molecular formula is C20H11ClO5. The summed E-state index contributed by atoms with van der Waals surface area (Å²) in [7, 11) is 0. The molecule has 0 unspecified atom stereocenters. The number of benzene rings is 2. The van der Waals surface area contributed by atoms with Crippen LogP contribution in [0.5, 0.6) is 11.5 Å². The van der Waals surface area contributed by atoms with Crippen LogP contribution in [-0.2, 0) is 0 Å². The van der Waals surface area contributed by atoms with Gasteiger partial charge >= 0.3 is 5.97 Å². The molecule has 0 atom stereocenters.